The fraction of sp³-hybridized carbons (Fsp3) is 0.167. The van der Waals surface area contributed by atoms with E-state index >= 15 is 0 Å². The number of hydrogen-bond donors (Lipinski definition) is 2. The summed E-state index contributed by atoms with van der Waals surface area (Å²) < 4.78 is 32.8. The highest BCUT2D eigenvalue weighted by molar-refractivity contribution is 7.92. The van der Waals surface area contributed by atoms with Gasteiger partial charge < -0.3 is 15.0 Å². The van der Waals surface area contributed by atoms with E-state index in [1.807, 2.05) is 0 Å². The molecule has 3 aromatic carbocycles. The molecule has 10 heteroatoms. The number of ether oxygens (including phenoxy) is 1. The third-order valence-corrected chi connectivity index (χ3v) is 7.04. The van der Waals surface area contributed by atoms with Gasteiger partial charge in [0.05, 0.1) is 23.6 Å². The number of hydrogen-bond acceptors (Lipinski definition) is 5. The summed E-state index contributed by atoms with van der Waals surface area (Å²) in [6, 6.07) is 19.2. The first kappa shape index (κ1) is 23.6. The number of carbonyl (C=O) groups is 2. The van der Waals surface area contributed by atoms with Gasteiger partial charge in [0.1, 0.15) is 5.75 Å². The van der Waals surface area contributed by atoms with E-state index in [1.54, 1.807) is 54.5 Å². The van der Waals surface area contributed by atoms with Gasteiger partial charge in [-0.2, -0.15) is 0 Å². The largest absolute Gasteiger partial charge is 0.497 e. The van der Waals surface area contributed by atoms with Gasteiger partial charge in [-0.1, -0.05) is 17.7 Å². The quantitative estimate of drug-likeness (QED) is 0.508. The van der Waals surface area contributed by atoms with Crippen LogP contribution in [0.25, 0.3) is 0 Å². The minimum atomic E-state index is -3.82. The average Bonchev–Trinajstić information content (AvgIpc) is 3.21. The standard InChI is InChI=1S/C24H22ClN3O5S/c1-33-21-9-7-20(8-10-21)28-15-16(13-23(28)29)24(30)26-18-3-2-4-19(14-18)27-34(31,32)22-11-5-17(25)6-12-22/h2-12,14,16,27H,13,15H2,1H3,(H,26,30)/t16-/m0/s1. The molecule has 34 heavy (non-hydrogen) atoms. The summed E-state index contributed by atoms with van der Waals surface area (Å²) in [5.41, 5.74) is 1.39. The maximum absolute atomic E-state index is 12.8. The Morgan fingerprint density at radius 1 is 1.03 bits per heavy atom. The van der Waals surface area contributed by atoms with Gasteiger partial charge in [0.25, 0.3) is 10.0 Å². The second-order valence-corrected chi connectivity index (χ2v) is 9.85. The van der Waals surface area contributed by atoms with Crippen LogP contribution in [0.1, 0.15) is 6.42 Å². The summed E-state index contributed by atoms with van der Waals surface area (Å²) in [5, 5.41) is 3.21. The van der Waals surface area contributed by atoms with Crippen molar-refractivity contribution in [3.8, 4) is 5.75 Å². The molecule has 1 atom stereocenters. The fourth-order valence-electron chi connectivity index (χ4n) is 3.63. The molecule has 0 bridgehead atoms. The molecule has 4 rings (SSSR count). The number of benzene rings is 3. The SMILES string of the molecule is COc1ccc(N2C[C@@H](C(=O)Nc3cccc(NS(=O)(=O)c4ccc(Cl)cc4)c3)CC2=O)cc1. The minimum absolute atomic E-state index is 0.0643. The first-order chi connectivity index (χ1) is 16.2. The number of carbonyl (C=O) groups excluding carboxylic acids is 2. The van der Waals surface area contributed by atoms with Crippen LogP contribution in [0.2, 0.25) is 5.02 Å². The number of nitrogens with zero attached hydrogens (tertiary/aromatic N) is 1. The van der Waals surface area contributed by atoms with Crippen molar-refractivity contribution in [2.75, 3.05) is 28.6 Å². The second kappa shape index (κ2) is 9.74. The van der Waals surface area contributed by atoms with Crippen LogP contribution in [-0.4, -0.2) is 33.9 Å². The Morgan fingerprint density at radius 2 is 1.71 bits per heavy atom. The van der Waals surface area contributed by atoms with Crippen LogP contribution in [0.4, 0.5) is 17.1 Å². The van der Waals surface area contributed by atoms with Crippen molar-refractivity contribution < 1.29 is 22.7 Å². The van der Waals surface area contributed by atoms with Crippen LogP contribution in [0.15, 0.2) is 77.7 Å². The van der Waals surface area contributed by atoms with Gasteiger partial charge in [0, 0.05) is 29.4 Å². The van der Waals surface area contributed by atoms with Gasteiger partial charge in [0.2, 0.25) is 11.8 Å². The first-order valence-corrected chi connectivity index (χ1v) is 12.2. The van der Waals surface area contributed by atoms with Gasteiger partial charge in [-0.25, -0.2) is 8.42 Å². The van der Waals surface area contributed by atoms with Crippen molar-refractivity contribution in [2.45, 2.75) is 11.3 Å². The molecular weight excluding hydrogens is 478 g/mol. The molecule has 0 aromatic heterocycles. The van der Waals surface area contributed by atoms with Crippen molar-refractivity contribution in [3.05, 3.63) is 77.8 Å². The van der Waals surface area contributed by atoms with E-state index in [1.165, 1.54) is 30.3 Å². The van der Waals surface area contributed by atoms with Crippen molar-refractivity contribution in [3.63, 3.8) is 0 Å². The van der Waals surface area contributed by atoms with E-state index in [0.717, 1.165) is 0 Å². The van der Waals surface area contributed by atoms with Crippen molar-refractivity contribution in [1.29, 1.82) is 0 Å². The number of methoxy groups -OCH3 is 1. The Morgan fingerprint density at radius 3 is 2.38 bits per heavy atom. The average molecular weight is 500 g/mol. The van der Waals surface area contributed by atoms with Crippen molar-refractivity contribution in [2.24, 2.45) is 5.92 Å². The molecule has 0 radical (unpaired) electrons. The highest BCUT2D eigenvalue weighted by Gasteiger charge is 2.35. The Balaban J connectivity index is 1.42. The number of rotatable bonds is 7. The molecule has 3 aromatic rings. The predicted molar refractivity (Wildman–Crippen MR) is 131 cm³/mol. The topological polar surface area (TPSA) is 105 Å². The maximum Gasteiger partial charge on any atom is 0.261 e. The van der Waals surface area contributed by atoms with Crippen molar-refractivity contribution in [1.82, 2.24) is 0 Å². The first-order valence-electron chi connectivity index (χ1n) is 10.4. The summed E-state index contributed by atoms with van der Waals surface area (Å²) in [6.45, 7) is 0.250. The van der Waals surface area contributed by atoms with E-state index in [9.17, 15) is 18.0 Å². The second-order valence-electron chi connectivity index (χ2n) is 7.73. The lowest BCUT2D eigenvalue weighted by Crippen LogP contribution is -2.28. The lowest BCUT2D eigenvalue weighted by atomic mass is 10.1. The molecule has 1 saturated heterocycles. The lowest BCUT2D eigenvalue weighted by molar-refractivity contribution is -0.122. The molecule has 0 aliphatic carbocycles. The molecule has 1 heterocycles. The van der Waals surface area contributed by atoms with Gasteiger partial charge in [0.15, 0.2) is 0 Å². The maximum atomic E-state index is 12.8. The molecule has 0 saturated carbocycles. The Kier molecular flexibility index (Phi) is 6.76. The number of sulfonamides is 1. The monoisotopic (exact) mass is 499 g/mol. The van der Waals surface area contributed by atoms with E-state index < -0.39 is 15.9 Å². The predicted octanol–water partition coefficient (Wildman–Crippen LogP) is 4.14. The zero-order valence-electron chi connectivity index (χ0n) is 18.2. The Hall–Kier alpha value is -3.56. The minimum Gasteiger partial charge on any atom is -0.497 e. The van der Waals surface area contributed by atoms with Crippen LogP contribution in [0.5, 0.6) is 5.75 Å². The molecule has 8 nitrogen and oxygen atoms in total. The zero-order valence-corrected chi connectivity index (χ0v) is 19.8. The van der Waals surface area contributed by atoms with E-state index in [4.69, 9.17) is 16.3 Å². The number of halogens is 1. The fourth-order valence-corrected chi connectivity index (χ4v) is 4.80. The molecule has 176 valence electrons. The molecule has 1 aliphatic rings. The van der Waals surface area contributed by atoms with E-state index in [-0.39, 0.29) is 35.4 Å². The van der Waals surface area contributed by atoms with Gasteiger partial charge in [-0.15, -0.1) is 0 Å². The van der Waals surface area contributed by atoms with Crippen LogP contribution < -0.4 is 19.7 Å². The Labute approximate surface area is 202 Å². The third-order valence-electron chi connectivity index (χ3n) is 5.39. The van der Waals surface area contributed by atoms with E-state index in [2.05, 4.69) is 10.0 Å². The molecule has 2 N–H and O–H groups in total. The zero-order chi connectivity index (χ0) is 24.3. The van der Waals surface area contributed by atoms with Gasteiger partial charge in [-0.3, -0.25) is 14.3 Å². The van der Waals surface area contributed by atoms with Gasteiger partial charge in [-0.05, 0) is 66.7 Å². The lowest BCUT2D eigenvalue weighted by Gasteiger charge is -2.17. The summed E-state index contributed by atoms with van der Waals surface area (Å²) in [5.74, 6) is -0.322. The molecule has 0 spiro atoms. The van der Waals surface area contributed by atoms with Crippen LogP contribution in [0.3, 0.4) is 0 Å². The Bertz CT molecular complexity index is 1310. The summed E-state index contributed by atoms with van der Waals surface area (Å²) in [6.07, 6.45) is 0.0841. The number of nitrogens with one attached hydrogen (secondary N) is 2. The van der Waals surface area contributed by atoms with Crippen LogP contribution in [0, 0.1) is 5.92 Å². The summed E-state index contributed by atoms with van der Waals surface area (Å²) in [7, 11) is -2.26. The molecule has 1 aliphatic heterocycles. The normalized spacial score (nSPS) is 15.8. The van der Waals surface area contributed by atoms with Crippen molar-refractivity contribution >= 4 is 50.5 Å². The highest BCUT2D eigenvalue weighted by atomic mass is 35.5. The summed E-state index contributed by atoms with van der Waals surface area (Å²) in [4.78, 5) is 27.0. The number of amides is 2. The summed E-state index contributed by atoms with van der Waals surface area (Å²) >= 11 is 5.83. The highest BCUT2D eigenvalue weighted by Crippen LogP contribution is 2.28. The van der Waals surface area contributed by atoms with E-state index in [0.29, 0.717) is 22.1 Å². The number of anilines is 3. The molecular formula is C24H22ClN3O5S. The van der Waals surface area contributed by atoms with Gasteiger partial charge >= 0.3 is 0 Å². The molecule has 2 amide bonds. The van der Waals surface area contributed by atoms with Crippen LogP contribution in [-0.2, 0) is 19.6 Å². The third kappa shape index (κ3) is 5.32. The smallest absolute Gasteiger partial charge is 0.261 e. The van der Waals surface area contributed by atoms with Crippen LogP contribution >= 0.6 is 11.6 Å². The molecule has 1 fully saturated rings. The molecule has 0 unspecified atom stereocenters.